The molecule has 1 unspecified atom stereocenters. The SMILES string of the molecule is CC1(c2ccc(C#N)cc2)NC(=O)N(CC(=O)c2ccccc2)C1=O. The minimum atomic E-state index is -1.26. The number of rotatable bonds is 4. The quantitative estimate of drug-likeness (QED) is 0.686. The number of carbonyl (C=O) groups is 3. The molecule has 25 heavy (non-hydrogen) atoms. The highest BCUT2D eigenvalue weighted by atomic mass is 16.2. The van der Waals surface area contributed by atoms with Gasteiger partial charge in [0.1, 0.15) is 5.54 Å². The van der Waals surface area contributed by atoms with E-state index in [9.17, 15) is 14.4 Å². The summed E-state index contributed by atoms with van der Waals surface area (Å²) in [5, 5.41) is 11.5. The van der Waals surface area contributed by atoms with Gasteiger partial charge in [0.2, 0.25) is 0 Å². The minimum absolute atomic E-state index is 0.312. The Bertz CT molecular complexity index is 884. The first-order chi connectivity index (χ1) is 12.0. The van der Waals surface area contributed by atoms with Crippen molar-refractivity contribution in [2.24, 2.45) is 0 Å². The Balaban J connectivity index is 1.84. The molecule has 0 saturated carbocycles. The highest BCUT2D eigenvalue weighted by molar-refractivity contribution is 6.11. The van der Waals surface area contributed by atoms with Gasteiger partial charge in [0.25, 0.3) is 5.91 Å². The molecule has 1 atom stereocenters. The first kappa shape index (κ1) is 16.4. The second kappa shape index (κ2) is 6.21. The van der Waals surface area contributed by atoms with Gasteiger partial charge in [-0.15, -0.1) is 0 Å². The Labute approximate surface area is 144 Å². The van der Waals surface area contributed by atoms with Gasteiger partial charge in [0, 0.05) is 5.56 Å². The Hall–Kier alpha value is -3.46. The van der Waals surface area contributed by atoms with Gasteiger partial charge in [-0.05, 0) is 24.6 Å². The first-order valence-electron chi connectivity index (χ1n) is 7.69. The van der Waals surface area contributed by atoms with Crippen LogP contribution in [0.5, 0.6) is 0 Å². The van der Waals surface area contributed by atoms with Gasteiger partial charge in [-0.3, -0.25) is 14.5 Å². The minimum Gasteiger partial charge on any atom is -0.319 e. The smallest absolute Gasteiger partial charge is 0.319 e. The van der Waals surface area contributed by atoms with Crippen LogP contribution in [-0.4, -0.2) is 29.2 Å². The van der Waals surface area contributed by atoms with Crippen LogP contribution in [0.15, 0.2) is 54.6 Å². The Morgan fingerprint density at radius 3 is 2.36 bits per heavy atom. The van der Waals surface area contributed by atoms with E-state index in [1.54, 1.807) is 61.5 Å². The van der Waals surface area contributed by atoms with Crippen LogP contribution < -0.4 is 5.32 Å². The van der Waals surface area contributed by atoms with Gasteiger partial charge in [0.15, 0.2) is 5.78 Å². The number of nitrogens with one attached hydrogen (secondary N) is 1. The van der Waals surface area contributed by atoms with E-state index in [-0.39, 0.29) is 12.3 Å². The summed E-state index contributed by atoms with van der Waals surface area (Å²) in [6.45, 7) is 1.27. The van der Waals surface area contributed by atoms with Gasteiger partial charge >= 0.3 is 6.03 Å². The van der Waals surface area contributed by atoms with Crippen LogP contribution in [-0.2, 0) is 10.3 Å². The second-order valence-corrected chi connectivity index (χ2v) is 5.92. The summed E-state index contributed by atoms with van der Waals surface area (Å²) >= 11 is 0. The summed E-state index contributed by atoms with van der Waals surface area (Å²) < 4.78 is 0. The lowest BCUT2D eigenvalue weighted by molar-refractivity contribution is -0.130. The van der Waals surface area contributed by atoms with Crippen LogP contribution in [0.25, 0.3) is 0 Å². The first-order valence-corrected chi connectivity index (χ1v) is 7.69. The van der Waals surface area contributed by atoms with Crippen molar-refractivity contribution in [3.8, 4) is 6.07 Å². The molecule has 0 spiro atoms. The van der Waals surface area contributed by atoms with E-state index in [1.165, 1.54) is 0 Å². The summed E-state index contributed by atoms with van der Waals surface area (Å²) in [6, 6.07) is 16.3. The van der Waals surface area contributed by atoms with Crippen molar-refractivity contribution in [2.75, 3.05) is 6.54 Å². The molecule has 2 aromatic carbocycles. The largest absolute Gasteiger partial charge is 0.325 e. The van der Waals surface area contributed by atoms with Crippen LogP contribution in [0.3, 0.4) is 0 Å². The zero-order chi connectivity index (χ0) is 18.0. The van der Waals surface area contributed by atoms with Crippen molar-refractivity contribution in [1.29, 1.82) is 5.26 Å². The van der Waals surface area contributed by atoms with Gasteiger partial charge < -0.3 is 5.32 Å². The lowest BCUT2D eigenvalue weighted by atomic mass is 9.91. The number of ketones is 1. The summed E-state index contributed by atoms with van der Waals surface area (Å²) in [4.78, 5) is 38.3. The number of hydrogen-bond acceptors (Lipinski definition) is 4. The molecule has 1 aliphatic rings. The Morgan fingerprint density at radius 2 is 1.76 bits per heavy atom. The summed E-state index contributed by atoms with van der Waals surface area (Å²) in [5.74, 6) is -0.806. The number of imide groups is 1. The lowest BCUT2D eigenvalue weighted by Crippen LogP contribution is -2.41. The third kappa shape index (κ3) is 2.88. The summed E-state index contributed by atoms with van der Waals surface area (Å²) in [5.41, 5.74) is 0.192. The second-order valence-electron chi connectivity index (χ2n) is 5.92. The van der Waals surface area contributed by atoms with Gasteiger partial charge in [-0.2, -0.15) is 5.26 Å². The molecule has 0 radical (unpaired) electrons. The van der Waals surface area contributed by atoms with Crippen molar-refractivity contribution in [3.05, 3.63) is 71.3 Å². The third-order valence-corrected chi connectivity index (χ3v) is 4.26. The molecule has 0 aromatic heterocycles. The number of nitriles is 1. The number of urea groups is 1. The van der Waals surface area contributed by atoms with Crippen molar-refractivity contribution in [3.63, 3.8) is 0 Å². The van der Waals surface area contributed by atoms with Crippen LogP contribution in [0.4, 0.5) is 4.79 Å². The normalized spacial score (nSPS) is 19.4. The molecule has 0 aliphatic carbocycles. The topological polar surface area (TPSA) is 90.3 Å². The fraction of sp³-hybridized carbons (Fsp3) is 0.158. The molecule has 2 aromatic rings. The molecular formula is C19H15N3O3. The summed E-state index contributed by atoms with van der Waals surface area (Å²) in [6.07, 6.45) is 0. The van der Waals surface area contributed by atoms with E-state index in [0.717, 1.165) is 4.90 Å². The van der Waals surface area contributed by atoms with Crippen LogP contribution in [0, 0.1) is 11.3 Å². The van der Waals surface area contributed by atoms with Crippen molar-refractivity contribution in [1.82, 2.24) is 10.2 Å². The average molecular weight is 333 g/mol. The van der Waals surface area contributed by atoms with Gasteiger partial charge in [-0.25, -0.2) is 4.79 Å². The number of amides is 3. The van der Waals surface area contributed by atoms with Crippen LogP contribution in [0.2, 0.25) is 0 Å². The maximum absolute atomic E-state index is 12.8. The molecule has 1 aliphatic heterocycles. The van der Waals surface area contributed by atoms with Gasteiger partial charge in [-0.1, -0.05) is 42.5 Å². The van der Waals surface area contributed by atoms with E-state index in [2.05, 4.69) is 5.32 Å². The van der Waals surface area contributed by atoms with Crippen LogP contribution in [0.1, 0.15) is 28.4 Å². The third-order valence-electron chi connectivity index (χ3n) is 4.26. The number of nitrogens with zero attached hydrogens (tertiary/aromatic N) is 2. The molecule has 1 fully saturated rings. The highest BCUT2D eigenvalue weighted by Gasteiger charge is 2.49. The number of hydrogen-bond donors (Lipinski definition) is 1. The highest BCUT2D eigenvalue weighted by Crippen LogP contribution is 2.29. The molecule has 1 N–H and O–H groups in total. The van der Waals surface area contributed by atoms with Crippen molar-refractivity contribution < 1.29 is 14.4 Å². The maximum atomic E-state index is 12.8. The molecule has 1 saturated heterocycles. The zero-order valence-electron chi connectivity index (χ0n) is 13.5. The molecule has 3 amide bonds. The molecule has 3 rings (SSSR count). The monoisotopic (exact) mass is 333 g/mol. The predicted octanol–water partition coefficient (Wildman–Crippen LogP) is 2.21. The van der Waals surface area contributed by atoms with Gasteiger partial charge in [0.05, 0.1) is 18.2 Å². The van der Waals surface area contributed by atoms with Crippen molar-refractivity contribution in [2.45, 2.75) is 12.5 Å². The average Bonchev–Trinajstić information content (AvgIpc) is 2.86. The fourth-order valence-corrected chi connectivity index (χ4v) is 2.77. The number of benzene rings is 2. The van der Waals surface area contributed by atoms with E-state index >= 15 is 0 Å². The molecular weight excluding hydrogens is 318 g/mol. The Kier molecular flexibility index (Phi) is 4.07. The molecule has 1 heterocycles. The number of Topliss-reactive ketones (excluding diaryl/α,β-unsaturated/α-hetero) is 1. The zero-order valence-corrected chi connectivity index (χ0v) is 13.5. The van der Waals surface area contributed by atoms with E-state index in [0.29, 0.717) is 16.7 Å². The molecule has 0 bridgehead atoms. The van der Waals surface area contributed by atoms with E-state index in [4.69, 9.17) is 5.26 Å². The predicted molar refractivity (Wildman–Crippen MR) is 89.5 cm³/mol. The maximum Gasteiger partial charge on any atom is 0.325 e. The number of carbonyl (C=O) groups excluding carboxylic acids is 3. The molecule has 124 valence electrons. The summed E-state index contributed by atoms with van der Waals surface area (Å²) in [7, 11) is 0. The lowest BCUT2D eigenvalue weighted by Gasteiger charge is -2.22. The van der Waals surface area contributed by atoms with Crippen LogP contribution >= 0.6 is 0 Å². The van der Waals surface area contributed by atoms with E-state index < -0.39 is 17.5 Å². The van der Waals surface area contributed by atoms with E-state index in [1.807, 2.05) is 6.07 Å². The standard InChI is InChI=1S/C19H15N3O3/c1-19(15-9-7-13(11-20)8-10-15)17(24)22(18(25)21-19)12-16(23)14-5-3-2-4-6-14/h2-10H,12H2,1H3,(H,21,25). The van der Waals surface area contributed by atoms with Crippen molar-refractivity contribution >= 4 is 17.7 Å². The fourth-order valence-electron chi connectivity index (χ4n) is 2.77. The Morgan fingerprint density at radius 1 is 1.12 bits per heavy atom. The molecule has 6 heteroatoms. The molecule has 6 nitrogen and oxygen atoms in total.